The van der Waals surface area contributed by atoms with Gasteiger partial charge in [-0.15, -0.1) is 12.4 Å². The van der Waals surface area contributed by atoms with Crippen molar-refractivity contribution < 1.29 is 9.53 Å². The van der Waals surface area contributed by atoms with Gasteiger partial charge in [0, 0.05) is 11.0 Å². The van der Waals surface area contributed by atoms with Crippen LogP contribution >= 0.6 is 28.3 Å². The Morgan fingerprint density at radius 3 is 2.68 bits per heavy atom. The fourth-order valence-electron chi connectivity index (χ4n) is 2.44. The summed E-state index contributed by atoms with van der Waals surface area (Å²) in [7, 11) is 0. The van der Waals surface area contributed by atoms with Crippen molar-refractivity contribution in [2.75, 3.05) is 19.7 Å². The molecule has 2 N–H and O–H groups in total. The first-order chi connectivity index (χ1) is 10.0. The molecule has 1 amide bonds. The van der Waals surface area contributed by atoms with Gasteiger partial charge in [-0.1, -0.05) is 48.3 Å². The van der Waals surface area contributed by atoms with E-state index in [1.807, 2.05) is 36.1 Å². The molecule has 0 saturated carbocycles. The molecule has 1 aromatic rings. The van der Waals surface area contributed by atoms with Crippen molar-refractivity contribution in [1.82, 2.24) is 4.90 Å². The standard InChI is InChI=1S/C16H23BrN2O2.ClH/c1-3-11(2)15(18)16(20)19-8-9-21-14(10-19)12-4-6-13(17)7-5-12;/h4-7,11,14-15H,3,8-10,18H2,1-2H3;1H. The number of carbonyl (C=O) groups excluding carboxylic acids is 1. The minimum absolute atomic E-state index is 0. The van der Waals surface area contributed by atoms with Crippen LogP contribution in [0.25, 0.3) is 0 Å². The molecule has 22 heavy (non-hydrogen) atoms. The Labute approximate surface area is 146 Å². The lowest BCUT2D eigenvalue weighted by molar-refractivity contribution is -0.141. The Balaban J connectivity index is 0.00000242. The molecule has 3 atom stereocenters. The van der Waals surface area contributed by atoms with Crippen LogP contribution in [0.2, 0.25) is 0 Å². The van der Waals surface area contributed by atoms with E-state index >= 15 is 0 Å². The Hall–Kier alpha value is -0.620. The van der Waals surface area contributed by atoms with Gasteiger partial charge >= 0.3 is 0 Å². The third kappa shape index (κ3) is 4.69. The largest absolute Gasteiger partial charge is 0.370 e. The van der Waals surface area contributed by atoms with Gasteiger partial charge in [0.25, 0.3) is 0 Å². The number of ether oxygens (including phenoxy) is 1. The summed E-state index contributed by atoms with van der Waals surface area (Å²) in [4.78, 5) is 14.3. The van der Waals surface area contributed by atoms with E-state index in [2.05, 4.69) is 22.9 Å². The zero-order valence-electron chi connectivity index (χ0n) is 13.0. The predicted molar refractivity (Wildman–Crippen MR) is 94.1 cm³/mol. The molecule has 0 bridgehead atoms. The lowest BCUT2D eigenvalue weighted by Crippen LogP contribution is -2.51. The normalized spacial score (nSPS) is 20.9. The fourth-order valence-corrected chi connectivity index (χ4v) is 2.70. The second-order valence-corrected chi connectivity index (χ2v) is 6.52. The second-order valence-electron chi connectivity index (χ2n) is 5.61. The van der Waals surface area contributed by atoms with Gasteiger partial charge in [-0.05, 0) is 23.6 Å². The van der Waals surface area contributed by atoms with Gasteiger partial charge in [-0.25, -0.2) is 0 Å². The molecular formula is C16H24BrClN2O2. The van der Waals surface area contributed by atoms with Crippen LogP contribution in [0.15, 0.2) is 28.7 Å². The molecule has 1 saturated heterocycles. The fraction of sp³-hybridized carbons (Fsp3) is 0.562. The maximum Gasteiger partial charge on any atom is 0.239 e. The molecule has 0 aromatic heterocycles. The first-order valence-electron chi connectivity index (χ1n) is 7.44. The highest BCUT2D eigenvalue weighted by Gasteiger charge is 2.30. The maximum atomic E-state index is 12.5. The van der Waals surface area contributed by atoms with Crippen molar-refractivity contribution >= 4 is 34.2 Å². The van der Waals surface area contributed by atoms with Gasteiger partial charge in [0.15, 0.2) is 0 Å². The van der Waals surface area contributed by atoms with Crippen molar-refractivity contribution in [1.29, 1.82) is 0 Å². The van der Waals surface area contributed by atoms with Crippen LogP contribution in [0.1, 0.15) is 31.9 Å². The summed E-state index contributed by atoms with van der Waals surface area (Å²) in [6, 6.07) is 7.61. The lowest BCUT2D eigenvalue weighted by atomic mass is 9.98. The molecule has 0 aliphatic carbocycles. The van der Waals surface area contributed by atoms with Crippen molar-refractivity contribution in [2.45, 2.75) is 32.4 Å². The molecule has 1 aromatic carbocycles. The highest BCUT2D eigenvalue weighted by Crippen LogP contribution is 2.24. The number of hydrogen-bond acceptors (Lipinski definition) is 3. The summed E-state index contributed by atoms with van der Waals surface area (Å²) >= 11 is 3.43. The molecule has 1 aliphatic rings. The molecule has 0 radical (unpaired) electrons. The summed E-state index contributed by atoms with van der Waals surface area (Å²) in [6.07, 6.45) is 0.841. The number of benzene rings is 1. The van der Waals surface area contributed by atoms with E-state index in [1.165, 1.54) is 0 Å². The third-order valence-electron chi connectivity index (χ3n) is 4.16. The quantitative estimate of drug-likeness (QED) is 0.858. The Bertz CT molecular complexity index is 484. The lowest BCUT2D eigenvalue weighted by Gasteiger charge is -2.35. The van der Waals surface area contributed by atoms with E-state index in [4.69, 9.17) is 10.5 Å². The molecule has 124 valence electrons. The SMILES string of the molecule is CCC(C)C(N)C(=O)N1CCOC(c2ccc(Br)cc2)C1.Cl. The summed E-state index contributed by atoms with van der Waals surface area (Å²) in [5, 5.41) is 0. The zero-order valence-corrected chi connectivity index (χ0v) is 15.4. The Kier molecular flexibility index (Phi) is 7.83. The van der Waals surface area contributed by atoms with Crippen LogP contribution in [0.4, 0.5) is 0 Å². The average Bonchev–Trinajstić information content (AvgIpc) is 2.53. The highest BCUT2D eigenvalue weighted by atomic mass is 79.9. The number of nitrogens with two attached hydrogens (primary N) is 1. The van der Waals surface area contributed by atoms with Crippen LogP contribution in [0, 0.1) is 5.92 Å². The smallest absolute Gasteiger partial charge is 0.239 e. The molecule has 3 unspecified atom stereocenters. The number of rotatable bonds is 4. The number of halogens is 2. The molecule has 1 aliphatic heterocycles. The zero-order chi connectivity index (χ0) is 15.4. The predicted octanol–water partition coefficient (Wildman–Crippen LogP) is 3.14. The van der Waals surface area contributed by atoms with E-state index in [-0.39, 0.29) is 30.3 Å². The van der Waals surface area contributed by atoms with E-state index in [9.17, 15) is 4.79 Å². The second kappa shape index (κ2) is 8.87. The Morgan fingerprint density at radius 2 is 2.09 bits per heavy atom. The van der Waals surface area contributed by atoms with Crippen LogP contribution < -0.4 is 5.73 Å². The molecule has 0 spiro atoms. The molecular weight excluding hydrogens is 368 g/mol. The molecule has 6 heteroatoms. The van der Waals surface area contributed by atoms with E-state index in [0.29, 0.717) is 19.7 Å². The van der Waals surface area contributed by atoms with Crippen LogP contribution in [-0.2, 0) is 9.53 Å². The third-order valence-corrected chi connectivity index (χ3v) is 4.69. The molecule has 4 nitrogen and oxygen atoms in total. The van der Waals surface area contributed by atoms with Gasteiger partial charge < -0.3 is 15.4 Å². The topological polar surface area (TPSA) is 55.6 Å². The number of morpholine rings is 1. The summed E-state index contributed by atoms with van der Waals surface area (Å²) in [6.45, 7) is 5.83. The monoisotopic (exact) mass is 390 g/mol. The number of carbonyl (C=O) groups is 1. The minimum atomic E-state index is -0.418. The van der Waals surface area contributed by atoms with Crippen LogP contribution in [0.5, 0.6) is 0 Å². The summed E-state index contributed by atoms with van der Waals surface area (Å²) in [5.74, 6) is 0.237. The van der Waals surface area contributed by atoms with Crippen LogP contribution in [-0.4, -0.2) is 36.5 Å². The van der Waals surface area contributed by atoms with Gasteiger partial charge in [0.2, 0.25) is 5.91 Å². The summed E-state index contributed by atoms with van der Waals surface area (Å²) < 4.78 is 6.84. The Morgan fingerprint density at radius 1 is 1.45 bits per heavy atom. The summed E-state index contributed by atoms with van der Waals surface area (Å²) in [5.41, 5.74) is 7.16. The van der Waals surface area contributed by atoms with Crippen molar-refractivity contribution in [2.24, 2.45) is 11.7 Å². The first kappa shape index (κ1) is 19.4. The van der Waals surface area contributed by atoms with Gasteiger partial charge in [0.1, 0.15) is 6.10 Å². The van der Waals surface area contributed by atoms with E-state index in [0.717, 1.165) is 16.5 Å². The molecule has 1 heterocycles. The van der Waals surface area contributed by atoms with Gasteiger partial charge in [0.05, 0.1) is 19.2 Å². The first-order valence-corrected chi connectivity index (χ1v) is 8.23. The number of nitrogens with zero attached hydrogens (tertiary/aromatic N) is 1. The van der Waals surface area contributed by atoms with Crippen LogP contribution in [0.3, 0.4) is 0 Å². The van der Waals surface area contributed by atoms with Crippen molar-refractivity contribution in [3.05, 3.63) is 34.3 Å². The minimum Gasteiger partial charge on any atom is -0.370 e. The van der Waals surface area contributed by atoms with Crippen molar-refractivity contribution in [3.8, 4) is 0 Å². The highest BCUT2D eigenvalue weighted by molar-refractivity contribution is 9.10. The van der Waals surface area contributed by atoms with Gasteiger partial charge in [-0.3, -0.25) is 4.79 Å². The molecule has 1 fully saturated rings. The average molecular weight is 392 g/mol. The van der Waals surface area contributed by atoms with E-state index < -0.39 is 6.04 Å². The van der Waals surface area contributed by atoms with Gasteiger partial charge in [-0.2, -0.15) is 0 Å². The number of hydrogen-bond donors (Lipinski definition) is 1. The van der Waals surface area contributed by atoms with Crippen molar-refractivity contribution in [3.63, 3.8) is 0 Å². The number of amides is 1. The molecule has 2 rings (SSSR count). The van der Waals surface area contributed by atoms with E-state index in [1.54, 1.807) is 0 Å². The maximum absolute atomic E-state index is 12.5.